The van der Waals surface area contributed by atoms with Crippen LogP contribution < -0.4 is 10.6 Å². The molecule has 132 valence electrons. The van der Waals surface area contributed by atoms with Crippen LogP contribution in [0, 0.1) is 5.92 Å². The van der Waals surface area contributed by atoms with E-state index in [1.807, 2.05) is 48.0 Å². The molecule has 1 aromatic carbocycles. The van der Waals surface area contributed by atoms with Crippen molar-refractivity contribution >= 4 is 45.7 Å². The number of thiophene rings is 1. The van der Waals surface area contributed by atoms with Crippen molar-refractivity contribution in [2.45, 2.75) is 17.7 Å². The number of carbonyl (C=O) groups is 2. The number of rotatable bonds is 4. The molecule has 0 spiro atoms. The third-order valence-corrected chi connectivity index (χ3v) is 5.79. The summed E-state index contributed by atoms with van der Waals surface area (Å²) in [7, 11) is 0. The van der Waals surface area contributed by atoms with E-state index in [0.29, 0.717) is 25.9 Å². The minimum absolute atomic E-state index is 0.0372. The molecule has 2 heterocycles. The smallest absolute Gasteiger partial charge is 0.322 e. The highest BCUT2D eigenvalue weighted by Gasteiger charge is 2.27. The number of amides is 3. The van der Waals surface area contributed by atoms with Crippen molar-refractivity contribution in [1.29, 1.82) is 0 Å². The lowest BCUT2D eigenvalue weighted by molar-refractivity contribution is -0.121. The minimum Gasteiger partial charge on any atom is -0.326 e. The van der Waals surface area contributed by atoms with Crippen LogP contribution in [-0.4, -0.2) is 36.2 Å². The molecular formula is C18H21N3O2S2. The third-order valence-electron chi connectivity index (χ3n) is 4.26. The predicted molar refractivity (Wildman–Crippen MR) is 104 cm³/mol. The quantitative estimate of drug-likeness (QED) is 0.781. The Morgan fingerprint density at radius 3 is 2.44 bits per heavy atom. The first-order valence-corrected chi connectivity index (χ1v) is 10.3. The van der Waals surface area contributed by atoms with Crippen LogP contribution in [0.25, 0.3) is 0 Å². The van der Waals surface area contributed by atoms with E-state index in [4.69, 9.17) is 0 Å². The molecule has 5 nitrogen and oxygen atoms in total. The van der Waals surface area contributed by atoms with Gasteiger partial charge in [-0.15, -0.1) is 23.1 Å². The number of hydrogen-bond acceptors (Lipinski definition) is 4. The average Bonchev–Trinajstić information content (AvgIpc) is 3.15. The normalized spacial score (nSPS) is 15.0. The Balaban J connectivity index is 1.47. The molecule has 0 saturated carbocycles. The van der Waals surface area contributed by atoms with Gasteiger partial charge < -0.3 is 10.2 Å². The van der Waals surface area contributed by atoms with Crippen LogP contribution in [0.4, 0.5) is 15.5 Å². The average molecular weight is 376 g/mol. The van der Waals surface area contributed by atoms with Crippen LogP contribution >= 0.6 is 23.1 Å². The number of piperidine rings is 1. The monoisotopic (exact) mass is 375 g/mol. The largest absolute Gasteiger partial charge is 0.326 e. The number of nitrogens with one attached hydrogen (secondary N) is 2. The molecule has 7 heteroatoms. The van der Waals surface area contributed by atoms with Gasteiger partial charge in [0.25, 0.3) is 0 Å². The van der Waals surface area contributed by atoms with Crippen LogP contribution in [0.15, 0.2) is 46.7 Å². The van der Waals surface area contributed by atoms with E-state index in [1.54, 1.807) is 16.7 Å². The maximum Gasteiger partial charge on any atom is 0.322 e. The minimum atomic E-state index is -0.0889. The van der Waals surface area contributed by atoms with Gasteiger partial charge in [0.15, 0.2) is 0 Å². The van der Waals surface area contributed by atoms with Crippen LogP contribution in [0.3, 0.4) is 0 Å². The Kier molecular flexibility index (Phi) is 5.99. The van der Waals surface area contributed by atoms with E-state index < -0.39 is 0 Å². The SMILES string of the molecule is CSc1ccc(NC(=O)C2CCN(C(=O)Nc3cccs3)CC2)cc1. The summed E-state index contributed by atoms with van der Waals surface area (Å²) in [5.74, 6) is -0.0127. The summed E-state index contributed by atoms with van der Waals surface area (Å²) < 4.78 is 0. The fourth-order valence-corrected chi connectivity index (χ4v) is 3.81. The molecule has 1 aliphatic heterocycles. The van der Waals surface area contributed by atoms with E-state index in [-0.39, 0.29) is 17.9 Å². The molecule has 1 saturated heterocycles. The van der Waals surface area contributed by atoms with E-state index >= 15 is 0 Å². The Bertz CT molecular complexity index is 708. The number of anilines is 2. The summed E-state index contributed by atoms with van der Waals surface area (Å²) in [6.07, 6.45) is 3.40. The van der Waals surface area contributed by atoms with Gasteiger partial charge in [0.1, 0.15) is 0 Å². The summed E-state index contributed by atoms with van der Waals surface area (Å²) in [5.41, 5.74) is 0.820. The van der Waals surface area contributed by atoms with Gasteiger partial charge in [-0.1, -0.05) is 0 Å². The summed E-state index contributed by atoms with van der Waals surface area (Å²) in [4.78, 5) is 27.6. The van der Waals surface area contributed by atoms with Gasteiger partial charge in [-0.05, 0) is 60.9 Å². The van der Waals surface area contributed by atoms with Crippen molar-refractivity contribution < 1.29 is 9.59 Å². The van der Waals surface area contributed by atoms with Crippen molar-refractivity contribution in [3.05, 3.63) is 41.8 Å². The highest BCUT2D eigenvalue weighted by atomic mass is 32.2. The predicted octanol–water partition coefficient (Wildman–Crippen LogP) is 4.35. The second-order valence-corrected chi connectivity index (χ2v) is 7.71. The number of likely N-dealkylation sites (tertiary alicyclic amines) is 1. The van der Waals surface area contributed by atoms with Crippen molar-refractivity contribution in [3.8, 4) is 0 Å². The number of carbonyl (C=O) groups excluding carboxylic acids is 2. The number of nitrogens with zero attached hydrogens (tertiary/aromatic N) is 1. The van der Waals surface area contributed by atoms with Gasteiger partial charge in [-0.25, -0.2) is 4.79 Å². The van der Waals surface area contributed by atoms with Crippen LogP contribution in [0.2, 0.25) is 0 Å². The van der Waals surface area contributed by atoms with Crippen LogP contribution in [0.5, 0.6) is 0 Å². The van der Waals surface area contributed by atoms with Crippen molar-refractivity contribution in [1.82, 2.24) is 4.90 Å². The standard InChI is InChI=1S/C18H21N3O2S2/c1-24-15-6-4-14(5-7-15)19-17(22)13-8-10-21(11-9-13)18(23)20-16-3-2-12-25-16/h2-7,12-13H,8-11H2,1H3,(H,19,22)(H,20,23). The zero-order valence-corrected chi connectivity index (χ0v) is 15.7. The summed E-state index contributed by atoms with van der Waals surface area (Å²) in [6, 6.07) is 11.5. The number of thioether (sulfide) groups is 1. The van der Waals surface area contributed by atoms with E-state index in [0.717, 1.165) is 10.7 Å². The van der Waals surface area contributed by atoms with Gasteiger partial charge in [0, 0.05) is 29.6 Å². The molecule has 0 unspecified atom stereocenters. The fraction of sp³-hybridized carbons (Fsp3) is 0.333. The third kappa shape index (κ3) is 4.76. The lowest BCUT2D eigenvalue weighted by atomic mass is 9.96. The van der Waals surface area contributed by atoms with E-state index in [1.165, 1.54) is 16.2 Å². The molecule has 1 aliphatic rings. The first-order valence-electron chi connectivity index (χ1n) is 8.20. The van der Waals surface area contributed by atoms with Gasteiger partial charge >= 0.3 is 6.03 Å². The maximum absolute atomic E-state index is 12.4. The first-order chi connectivity index (χ1) is 12.2. The summed E-state index contributed by atoms with van der Waals surface area (Å²) >= 11 is 3.17. The second kappa shape index (κ2) is 8.40. The molecule has 0 atom stereocenters. The molecule has 2 aromatic rings. The Morgan fingerprint density at radius 2 is 1.84 bits per heavy atom. The van der Waals surface area contributed by atoms with Crippen LogP contribution in [-0.2, 0) is 4.79 Å². The molecule has 3 rings (SSSR count). The van der Waals surface area contributed by atoms with E-state index in [2.05, 4.69) is 10.6 Å². The van der Waals surface area contributed by atoms with Gasteiger partial charge in [0.05, 0.1) is 5.00 Å². The number of urea groups is 1. The second-order valence-electron chi connectivity index (χ2n) is 5.89. The lowest BCUT2D eigenvalue weighted by Crippen LogP contribution is -2.43. The summed E-state index contributed by atoms with van der Waals surface area (Å²) in [5, 5.41) is 8.64. The molecule has 2 N–H and O–H groups in total. The van der Waals surface area contributed by atoms with Gasteiger partial charge in [0.2, 0.25) is 5.91 Å². The van der Waals surface area contributed by atoms with Crippen LogP contribution in [0.1, 0.15) is 12.8 Å². The van der Waals surface area contributed by atoms with Gasteiger partial charge in [-0.2, -0.15) is 0 Å². The molecule has 1 aromatic heterocycles. The number of hydrogen-bond donors (Lipinski definition) is 2. The van der Waals surface area contributed by atoms with E-state index in [9.17, 15) is 9.59 Å². The summed E-state index contributed by atoms with van der Waals surface area (Å²) in [6.45, 7) is 1.20. The first kappa shape index (κ1) is 17.8. The zero-order valence-electron chi connectivity index (χ0n) is 14.0. The Morgan fingerprint density at radius 1 is 1.12 bits per heavy atom. The van der Waals surface area contributed by atoms with Crippen molar-refractivity contribution in [2.24, 2.45) is 5.92 Å². The highest BCUT2D eigenvalue weighted by molar-refractivity contribution is 7.98. The molecule has 25 heavy (non-hydrogen) atoms. The highest BCUT2D eigenvalue weighted by Crippen LogP contribution is 2.22. The lowest BCUT2D eigenvalue weighted by Gasteiger charge is -2.31. The molecule has 0 bridgehead atoms. The van der Waals surface area contributed by atoms with Crippen molar-refractivity contribution in [3.63, 3.8) is 0 Å². The maximum atomic E-state index is 12.4. The molecule has 3 amide bonds. The fourth-order valence-electron chi connectivity index (χ4n) is 2.80. The molecule has 0 radical (unpaired) electrons. The zero-order chi connectivity index (χ0) is 17.6. The van der Waals surface area contributed by atoms with Gasteiger partial charge in [-0.3, -0.25) is 10.1 Å². The Labute approximate surface area is 155 Å². The van der Waals surface area contributed by atoms with Crippen molar-refractivity contribution in [2.75, 3.05) is 30.0 Å². The molecule has 0 aliphatic carbocycles. The molecule has 1 fully saturated rings. The topological polar surface area (TPSA) is 61.4 Å². The molecular weight excluding hydrogens is 354 g/mol. The number of benzene rings is 1. The Hall–Kier alpha value is -1.99.